The fraction of sp³-hybridized carbons (Fsp3) is 0.100. The second kappa shape index (κ2) is 7.49. The lowest BCUT2D eigenvalue weighted by Crippen LogP contribution is -2.15. The number of carbonyl (C=O) groups excluding carboxylic acids is 1. The molecule has 2 aromatic carbocycles. The van der Waals surface area contributed by atoms with E-state index in [0.717, 1.165) is 16.9 Å². The summed E-state index contributed by atoms with van der Waals surface area (Å²) in [6.45, 7) is 0. The van der Waals surface area contributed by atoms with E-state index in [1.165, 1.54) is 6.07 Å². The van der Waals surface area contributed by atoms with Gasteiger partial charge in [0, 0.05) is 12.0 Å². The molecule has 3 rings (SSSR count). The van der Waals surface area contributed by atoms with Crippen LogP contribution in [0.3, 0.4) is 0 Å². The minimum Gasteiger partial charge on any atom is -0.478 e. The van der Waals surface area contributed by atoms with E-state index in [1.807, 2.05) is 36.4 Å². The fourth-order valence-electron chi connectivity index (χ4n) is 2.53. The van der Waals surface area contributed by atoms with Crippen LogP contribution in [0.1, 0.15) is 22.3 Å². The van der Waals surface area contributed by atoms with E-state index in [2.05, 4.69) is 5.32 Å². The van der Waals surface area contributed by atoms with Gasteiger partial charge in [0.05, 0.1) is 17.5 Å². The molecule has 5 nitrogen and oxygen atoms in total. The minimum atomic E-state index is -1.07. The molecule has 3 aromatic rings. The Morgan fingerprint density at radius 2 is 1.72 bits per heavy atom. The van der Waals surface area contributed by atoms with Crippen molar-refractivity contribution in [3.8, 4) is 11.3 Å². The van der Waals surface area contributed by atoms with Gasteiger partial charge in [-0.3, -0.25) is 4.79 Å². The third-order valence-electron chi connectivity index (χ3n) is 3.83. The monoisotopic (exact) mass is 335 g/mol. The maximum absolute atomic E-state index is 12.1. The molecule has 0 spiro atoms. The summed E-state index contributed by atoms with van der Waals surface area (Å²) in [5.74, 6) is -0.484. The van der Waals surface area contributed by atoms with Gasteiger partial charge in [-0.2, -0.15) is 0 Å². The van der Waals surface area contributed by atoms with Gasteiger partial charge in [0.1, 0.15) is 5.76 Å². The number of nitrogens with one attached hydrogen (secondary N) is 1. The zero-order chi connectivity index (χ0) is 17.6. The number of benzene rings is 2. The summed E-state index contributed by atoms with van der Waals surface area (Å²) in [4.78, 5) is 23.2. The summed E-state index contributed by atoms with van der Waals surface area (Å²) in [6.07, 6.45) is 2.47. The SMILES string of the molecule is O=C(CCc1ccc(-c2ccco2)cc1)Nc1ccccc1C(=O)O. The molecule has 0 fully saturated rings. The lowest BCUT2D eigenvalue weighted by atomic mass is 10.1. The number of carboxylic acid groups (broad SMARTS) is 1. The first-order chi connectivity index (χ1) is 12.1. The average molecular weight is 335 g/mol. The molecule has 0 bridgehead atoms. The highest BCUT2D eigenvalue weighted by molar-refractivity contribution is 6.00. The molecule has 0 saturated heterocycles. The Morgan fingerprint density at radius 1 is 0.960 bits per heavy atom. The van der Waals surface area contributed by atoms with Crippen LogP contribution in [-0.2, 0) is 11.2 Å². The second-order valence-electron chi connectivity index (χ2n) is 5.57. The van der Waals surface area contributed by atoms with Gasteiger partial charge in [-0.25, -0.2) is 4.79 Å². The molecule has 126 valence electrons. The first kappa shape index (κ1) is 16.5. The number of hydrogen-bond acceptors (Lipinski definition) is 3. The smallest absolute Gasteiger partial charge is 0.337 e. The Kier molecular flexibility index (Phi) is 4.95. The zero-order valence-electron chi connectivity index (χ0n) is 13.4. The topological polar surface area (TPSA) is 79.5 Å². The van der Waals surface area contributed by atoms with Crippen molar-refractivity contribution >= 4 is 17.6 Å². The summed E-state index contributed by atoms with van der Waals surface area (Å²) in [5, 5.41) is 11.8. The van der Waals surface area contributed by atoms with Crippen LogP contribution in [0.4, 0.5) is 5.69 Å². The molecule has 0 atom stereocenters. The summed E-state index contributed by atoms with van der Waals surface area (Å²) in [5.41, 5.74) is 2.40. The van der Waals surface area contributed by atoms with Gasteiger partial charge in [0.2, 0.25) is 5.91 Å². The van der Waals surface area contributed by atoms with Crippen molar-refractivity contribution in [3.63, 3.8) is 0 Å². The van der Waals surface area contributed by atoms with Crippen LogP contribution in [0.25, 0.3) is 11.3 Å². The Morgan fingerprint density at radius 3 is 2.40 bits per heavy atom. The quantitative estimate of drug-likeness (QED) is 0.707. The summed E-state index contributed by atoms with van der Waals surface area (Å²) >= 11 is 0. The Labute approximate surface area is 144 Å². The number of carbonyl (C=O) groups is 2. The highest BCUT2D eigenvalue weighted by atomic mass is 16.4. The van der Waals surface area contributed by atoms with E-state index in [-0.39, 0.29) is 17.9 Å². The van der Waals surface area contributed by atoms with Gasteiger partial charge in [0.25, 0.3) is 0 Å². The van der Waals surface area contributed by atoms with Crippen LogP contribution in [-0.4, -0.2) is 17.0 Å². The molecule has 1 heterocycles. The molecule has 0 unspecified atom stereocenters. The lowest BCUT2D eigenvalue weighted by Gasteiger charge is -2.08. The van der Waals surface area contributed by atoms with E-state index in [4.69, 9.17) is 9.52 Å². The number of carboxylic acids is 1. The third-order valence-corrected chi connectivity index (χ3v) is 3.83. The summed E-state index contributed by atoms with van der Waals surface area (Å²) < 4.78 is 5.34. The molecule has 1 amide bonds. The highest BCUT2D eigenvalue weighted by Crippen LogP contribution is 2.21. The van der Waals surface area contributed by atoms with Crippen molar-refractivity contribution in [3.05, 3.63) is 78.1 Å². The Hall–Kier alpha value is -3.34. The van der Waals surface area contributed by atoms with Gasteiger partial charge in [-0.15, -0.1) is 0 Å². The van der Waals surface area contributed by atoms with Crippen LogP contribution in [0, 0.1) is 0 Å². The fourth-order valence-corrected chi connectivity index (χ4v) is 2.53. The Balaban J connectivity index is 1.58. The molecule has 0 aliphatic carbocycles. The molecule has 5 heteroatoms. The van der Waals surface area contributed by atoms with Crippen LogP contribution in [0.5, 0.6) is 0 Å². The number of furan rings is 1. The number of aromatic carboxylic acids is 1. The van der Waals surface area contributed by atoms with Crippen molar-refractivity contribution in [1.29, 1.82) is 0 Å². The molecule has 2 N–H and O–H groups in total. The van der Waals surface area contributed by atoms with E-state index < -0.39 is 5.97 Å². The number of para-hydroxylation sites is 1. The first-order valence-corrected chi connectivity index (χ1v) is 7.88. The van der Waals surface area contributed by atoms with Crippen LogP contribution in [0.2, 0.25) is 0 Å². The predicted molar refractivity (Wildman–Crippen MR) is 94.5 cm³/mol. The van der Waals surface area contributed by atoms with Crippen LogP contribution in [0.15, 0.2) is 71.3 Å². The normalized spacial score (nSPS) is 10.4. The second-order valence-corrected chi connectivity index (χ2v) is 5.57. The largest absolute Gasteiger partial charge is 0.478 e. The molecule has 0 aliphatic heterocycles. The van der Waals surface area contributed by atoms with Crippen molar-refractivity contribution in [2.45, 2.75) is 12.8 Å². The molecule has 0 saturated carbocycles. The zero-order valence-corrected chi connectivity index (χ0v) is 13.4. The summed E-state index contributed by atoms with van der Waals surface area (Å²) in [6, 6.07) is 17.9. The van der Waals surface area contributed by atoms with Gasteiger partial charge < -0.3 is 14.8 Å². The van der Waals surface area contributed by atoms with E-state index in [1.54, 1.807) is 24.5 Å². The standard InChI is InChI=1S/C20H17NO4/c22-19(21-17-5-2-1-4-16(17)20(23)24)12-9-14-7-10-15(11-8-14)18-6-3-13-25-18/h1-8,10-11,13H,9,12H2,(H,21,22)(H,23,24). The van der Waals surface area contributed by atoms with Crippen LogP contribution < -0.4 is 5.32 Å². The lowest BCUT2D eigenvalue weighted by molar-refractivity contribution is -0.116. The number of amides is 1. The predicted octanol–water partition coefficient (Wildman–Crippen LogP) is 4.22. The van der Waals surface area contributed by atoms with E-state index in [0.29, 0.717) is 12.1 Å². The van der Waals surface area contributed by atoms with Gasteiger partial charge in [0.15, 0.2) is 0 Å². The van der Waals surface area contributed by atoms with E-state index >= 15 is 0 Å². The maximum atomic E-state index is 12.1. The third kappa shape index (κ3) is 4.14. The van der Waals surface area contributed by atoms with Crippen molar-refractivity contribution in [2.24, 2.45) is 0 Å². The van der Waals surface area contributed by atoms with Crippen LogP contribution >= 0.6 is 0 Å². The number of rotatable bonds is 6. The first-order valence-electron chi connectivity index (χ1n) is 7.88. The van der Waals surface area contributed by atoms with Gasteiger partial charge in [-0.05, 0) is 36.2 Å². The minimum absolute atomic E-state index is 0.0821. The van der Waals surface area contributed by atoms with Gasteiger partial charge >= 0.3 is 5.97 Å². The summed E-state index contributed by atoms with van der Waals surface area (Å²) in [7, 11) is 0. The van der Waals surface area contributed by atoms with Crippen molar-refractivity contribution in [2.75, 3.05) is 5.32 Å². The number of aryl methyl sites for hydroxylation is 1. The Bertz CT molecular complexity index is 867. The molecular weight excluding hydrogens is 318 g/mol. The van der Waals surface area contributed by atoms with Crippen molar-refractivity contribution < 1.29 is 19.1 Å². The van der Waals surface area contributed by atoms with Gasteiger partial charge in [-0.1, -0.05) is 36.4 Å². The molecule has 25 heavy (non-hydrogen) atoms. The molecular formula is C20H17NO4. The highest BCUT2D eigenvalue weighted by Gasteiger charge is 2.11. The maximum Gasteiger partial charge on any atom is 0.337 e. The van der Waals surface area contributed by atoms with Crippen molar-refractivity contribution in [1.82, 2.24) is 0 Å². The van der Waals surface area contributed by atoms with E-state index in [9.17, 15) is 9.59 Å². The average Bonchev–Trinajstić information content (AvgIpc) is 3.15. The number of hydrogen-bond donors (Lipinski definition) is 2. The number of anilines is 1. The molecule has 0 aliphatic rings. The molecule has 0 radical (unpaired) electrons. The molecule has 1 aromatic heterocycles.